The molecule has 4 rings (SSSR count). The number of halogens is 3. The average molecular weight is 419 g/mol. The third-order valence-corrected chi connectivity index (χ3v) is 5.79. The summed E-state index contributed by atoms with van der Waals surface area (Å²) in [5.41, 5.74) is 3.86. The summed E-state index contributed by atoms with van der Waals surface area (Å²) in [4.78, 5) is 0. The molecule has 0 unspecified atom stereocenters. The number of fused-ring (bicyclic) bond motifs is 1. The van der Waals surface area contributed by atoms with Gasteiger partial charge in [0.2, 0.25) is 0 Å². The maximum atomic E-state index is 15.1. The van der Waals surface area contributed by atoms with E-state index in [1.165, 1.54) is 12.1 Å². The van der Waals surface area contributed by atoms with E-state index in [2.05, 4.69) is 6.92 Å². The summed E-state index contributed by atoms with van der Waals surface area (Å²) in [7, 11) is 0. The summed E-state index contributed by atoms with van der Waals surface area (Å²) in [6.07, 6.45) is 4.15. The molecule has 0 heterocycles. The molecule has 4 aromatic carbocycles. The highest BCUT2D eigenvalue weighted by atomic mass is 19.1. The van der Waals surface area contributed by atoms with Crippen LogP contribution in [0.1, 0.15) is 36.5 Å². The van der Waals surface area contributed by atoms with Gasteiger partial charge in [-0.3, -0.25) is 0 Å². The van der Waals surface area contributed by atoms with Gasteiger partial charge in [-0.1, -0.05) is 61.9 Å². The van der Waals surface area contributed by atoms with Crippen LogP contribution in [0.25, 0.3) is 21.9 Å². The number of hydrogen-bond donors (Lipinski definition) is 0. The van der Waals surface area contributed by atoms with Crippen LogP contribution in [-0.2, 0) is 19.3 Å². The molecular formula is C28H25F3. The number of benzene rings is 4. The van der Waals surface area contributed by atoms with E-state index in [1.807, 2.05) is 24.3 Å². The quantitative estimate of drug-likeness (QED) is 0.285. The van der Waals surface area contributed by atoms with Gasteiger partial charge in [-0.15, -0.1) is 0 Å². The largest absolute Gasteiger partial charge is 0.207 e. The first-order valence-electron chi connectivity index (χ1n) is 10.8. The molecule has 0 aliphatic heterocycles. The fourth-order valence-corrected chi connectivity index (χ4v) is 3.96. The van der Waals surface area contributed by atoms with Gasteiger partial charge in [0.25, 0.3) is 0 Å². The van der Waals surface area contributed by atoms with Crippen LogP contribution in [-0.4, -0.2) is 0 Å². The summed E-state index contributed by atoms with van der Waals surface area (Å²) in [5.74, 6) is -0.769. The predicted octanol–water partition coefficient (Wildman–Crippen LogP) is 8.05. The smallest absolute Gasteiger partial charge is 0.134 e. The average Bonchev–Trinajstić information content (AvgIpc) is 2.78. The molecule has 0 amide bonds. The number of aryl methyl sites for hydroxylation is 3. The Hall–Kier alpha value is -3.07. The maximum absolute atomic E-state index is 15.1. The zero-order chi connectivity index (χ0) is 21.8. The lowest BCUT2D eigenvalue weighted by Crippen LogP contribution is -1.96. The van der Waals surface area contributed by atoms with Crippen LogP contribution in [0.5, 0.6) is 0 Å². The van der Waals surface area contributed by atoms with Crippen LogP contribution in [0.15, 0.2) is 72.8 Å². The second-order valence-electron chi connectivity index (χ2n) is 8.02. The normalized spacial score (nSPS) is 11.2. The summed E-state index contributed by atoms with van der Waals surface area (Å²) in [6, 6.07) is 20.7. The topological polar surface area (TPSA) is 0 Å². The van der Waals surface area contributed by atoms with E-state index in [0.717, 1.165) is 41.3 Å². The van der Waals surface area contributed by atoms with Crippen molar-refractivity contribution in [3.63, 3.8) is 0 Å². The van der Waals surface area contributed by atoms with Crippen molar-refractivity contribution >= 4 is 10.8 Å². The highest BCUT2D eigenvalue weighted by molar-refractivity contribution is 5.88. The van der Waals surface area contributed by atoms with Crippen LogP contribution in [0.4, 0.5) is 13.2 Å². The molecule has 0 aliphatic rings. The number of rotatable bonds is 7. The van der Waals surface area contributed by atoms with Crippen molar-refractivity contribution in [3.8, 4) is 11.1 Å². The summed E-state index contributed by atoms with van der Waals surface area (Å²) >= 11 is 0. The molecule has 4 aromatic rings. The van der Waals surface area contributed by atoms with Crippen LogP contribution in [0.2, 0.25) is 0 Å². The molecular weight excluding hydrogens is 393 g/mol. The number of unbranched alkanes of at least 4 members (excludes halogenated alkanes) is 1. The van der Waals surface area contributed by atoms with Crippen LogP contribution < -0.4 is 0 Å². The Morgan fingerprint density at radius 3 is 2.19 bits per heavy atom. The molecule has 0 nitrogen and oxygen atoms in total. The Balaban J connectivity index is 1.57. The van der Waals surface area contributed by atoms with Gasteiger partial charge in [0.05, 0.1) is 0 Å². The van der Waals surface area contributed by atoms with Crippen molar-refractivity contribution in [1.29, 1.82) is 0 Å². The van der Waals surface area contributed by atoms with Crippen molar-refractivity contribution in [1.82, 2.24) is 0 Å². The van der Waals surface area contributed by atoms with Crippen molar-refractivity contribution in [3.05, 3.63) is 107 Å². The van der Waals surface area contributed by atoms with Gasteiger partial charge >= 0.3 is 0 Å². The van der Waals surface area contributed by atoms with Gasteiger partial charge in [0.1, 0.15) is 17.5 Å². The van der Waals surface area contributed by atoms with Crippen LogP contribution >= 0.6 is 0 Å². The van der Waals surface area contributed by atoms with Crippen LogP contribution in [0, 0.1) is 17.5 Å². The Morgan fingerprint density at radius 2 is 1.45 bits per heavy atom. The molecule has 0 N–H and O–H groups in total. The molecule has 0 aliphatic carbocycles. The lowest BCUT2D eigenvalue weighted by molar-refractivity contribution is 0.619. The SMILES string of the molecule is CCCCc1ccc(-c2ccc3c(F)c(CCc4ccc(F)cc4)ccc3c2)c(F)c1. The first-order chi connectivity index (χ1) is 15.0. The van der Waals surface area contributed by atoms with Gasteiger partial charge in [0, 0.05) is 10.9 Å². The second-order valence-corrected chi connectivity index (χ2v) is 8.02. The third-order valence-electron chi connectivity index (χ3n) is 5.79. The third kappa shape index (κ3) is 4.82. The van der Waals surface area contributed by atoms with Crippen LogP contribution in [0.3, 0.4) is 0 Å². The Bertz CT molecular complexity index is 1190. The molecule has 158 valence electrons. The highest BCUT2D eigenvalue weighted by Gasteiger charge is 2.11. The molecule has 3 heteroatoms. The first-order valence-corrected chi connectivity index (χ1v) is 10.8. The lowest BCUT2D eigenvalue weighted by Gasteiger charge is -2.10. The van der Waals surface area contributed by atoms with E-state index < -0.39 is 0 Å². The van der Waals surface area contributed by atoms with E-state index in [4.69, 9.17) is 0 Å². The Labute approximate surface area is 181 Å². The van der Waals surface area contributed by atoms with Crippen molar-refractivity contribution in [2.75, 3.05) is 0 Å². The second kappa shape index (κ2) is 9.38. The van der Waals surface area contributed by atoms with E-state index >= 15 is 4.39 Å². The first kappa shape index (κ1) is 21.2. The van der Waals surface area contributed by atoms with Gasteiger partial charge in [-0.2, -0.15) is 0 Å². The van der Waals surface area contributed by atoms with E-state index in [1.54, 1.807) is 36.4 Å². The minimum absolute atomic E-state index is 0.246. The molecule has 0 atom stereocenters. The molecule has 0 spiro atoms. The molecule has 0 radical (unpaired) electrons. The Morgan fingerprint density at radius 1 is 0.677 bits per heavy atom. The minimum Gasteiger partial charge on any atom is -0.207 e. The molecule has 0 bridgehead atoms. The fraction of sp³-hybridized carbons (Fsp3) is 0.214. The van der Waals surface area contributed by atoms with Crippen molar-refractivity contribution in [2.24, 2.45) is 0 Å². The maximum Gasteiger partial charge on any atom is 0.134 e. The zero-order valence-electron chi connectivity index (χ0n) is 17.6. The summed E-state index contributed by atoms with van der Waals surface area (Å²) in [5, 5.41) is 1.27. The fourth-order valence-electron chi connectivity index (χ4n) is 3.96. The van der Waals surface area contributed by atoms with Crippen molar-refractivity contribution < 1.29 is 13.2 Å². The Kier molecular flexibility index (Phi) is 6.41. The highest BCUT2D eigenvalue weighted by Crippen LogP contribution is 2.30. The monoisotopic (exact) mass is 418 g/mol. The van der Waals surface area contributed by atoms with Gasteiger partial charge in [0.15, 0.2) is 0 Å². The van der Waals surface area contributed by atoms with E-state index in [9.17, 15) is 8.78 Å². The van der Waals surface area contributed by atoms with Gasteiger partial charge in [-0.25, -0.2) is 13.2 Å². The lowest BCUT2D eigenvalue weighted by atomic mass is 9.96. The predicted molar refractivity (Wildman–Crippen MR) is 122 cm³/mol. The van der Waals surface area contributed by atoms with E-state index in [0.29, 0.717) is 29.4 Å². The number of hydrogen-bond acceptors (Lipinski definition) is 0. The molecule has 0 fully saturated rings. The minimum atomic E-state index is -0.275. The molecule has 0 saturated heterocycles. The van der Waals surface area contributed by atoms with Gasteiger partial charge < -0.3 is 0 Å². The molecule has 0 saturated carbocycles. The summed E-state index contributed by atoms with van der Waals surface area (Å²) in [6.45, 7) is 2.12. The molecule has 0 aromatic heterocycles. The van der Waals surface area contributed by atoms with Gasteiger partial charge in [-0.05, 0) is 77.6 Å². The standard InChI is InChI=1S/C28H25F3/c1-2-3-4-20-8-15-25(27(30)17-20)22-12-16-26-23(18-22)11-10-21(28(26)31)9-5-19-6-13-24(29)14-7-19/h6-8,10-18H,2-5,9H2,1H3. The van der Waals surface area contributed by atoms with Crippen molar-refractivity contribution in [2.45, 2.75) is 39.0 Å². The summed E-state index contributed by atoms with van der Waals surface area (Å²) < 4.78 is 42.8. The van der Waals surface area contributed by atoms with E-state index in [-0.39, 0.29) is 17.5 Å². The zero-order valence-corrected chi connectivity index (χ0v) is 17.6. The molecule has 31 heavy (non-hydrogen) atoms.